The molecule has 0 bridgehead atoms. The van der Waals surface area contributed by atoms with Gasteiger partial charge in [0.1, 0.15) is 0 Å². The first kappa shape index (κ1) is 12.7. The van der Waals surface area contributed by atoms with Gasteiger partial charge in [0, 0.05) is 24.9 Å². The van der Waals surface area contributed by atoms with Crippen molar-refractivity contribution >= 4 is 17.7 Å². The van der Waals surface area contributed by atoms with Crippen LogP contribution in [0, 0.1) is 11.8 Å². The van der Waals surface area contributed by atoms with Crippen LogP contribution in [0.4, 0.5) is 5.69 Å². The summed E-state index contributed by atoms with van der Waals surface area (Å²) in [5.41, 5.74) is 2.14. The Bertz CT molecular complexity index is 442. The molecule has 1 saturated heterocycles. The maximum absolute atomic E-state index is 10.4. The average Bonchev–Trinajstić information content (AvgIpc) is 2.25. The third-order valence-electron chi connectivity index (χ3n) is 3.53. The maximum atomic E-state index is 10.4. The summed E-state index contributed by atoms with van der Waals surface area (Å²) in [5.74, 6) is 0.636. The van der Waals surface area contributed by atoms with Crippen LogP contribution < -0.4 is 4.90 Å². The van der Waals surface area contributed by atoms with Gasteiger partial charge in [-0.1, -0.05) is 26.0 Å². The van der Waals surface area contributed by atoms with Crippen molar-refractivity contribution in [2.75, 3.05) is 18.0 Å². The van der Waals surface area contributed by atoms with Crippen molar-refractivity contribution in [3.8, 4) is 0 Å². The van der Waals surface area contributed by atoms with Gasteiger partial charge < -0.3 is 10.0 Å². The highest BCUT2D eigenvalue weighted by Crippen LogP contribution is 2.29. The molecule has 0 saturated carbocycles. The topological polar surface area (TPSA) is 40.5 Å². The zero-order chi connectivity index (χ0) is 13.1. The summed E-state index contributed by atoms with van der Waals surface area (Å²) >= 11 is 0. The van der Waals surface area contributed by atoms with Gasteiger partial charge >= 0.3 is 5.97 Å². The molecule has 0 atom stereocenters. The van der Waals surface area contributed by atoms with Crippen LogP contribution in [0.3, 0.4) is 0 Å². The Morgan fingerprint density at radius 2 is 1.94 bits per heavy atom. The molecule has 1 aromatic carbocycles. The average molecular weight is 245 g/mol. The molecule has 0 spiro atoms. The number of carboxylic acids is 1. The van der Waals surface area contributed by atoms with Gasteiger partial charge in [-0.2, -0.15) is 0 Å². The third-order valence-corrected chi connectivity index (χ3v) is 3.53. The molecule has 3 heteroatoms. The molecule has 18 heavy (non-hydrogen) atoms. The van der Waals surface area contributed by atoms with Crippen LogP contribution in [0.1, 0.15) is 19.4 Å². The predicted molar refractivity (Wildman–Crippen MR) is 73.7 cm³/mol. The van der Waals surface area contributed by atoms with Crippen molar-refractivity contribution in [1.82, 2.24) is 0 Å². The van der Waals surface area contributed by atoms with E-state index in [0.717, 1.165) is 36.6 Å². The van der Waals surface area contributed by atoms with E-state index in [1.54, 1.807) is 6.08 Å². The zero-order valence-corrected chi connectivity index (χ0v) is 10.8. The van der Waals surface area contributed by atoms with Crippen LogP contribution >= 0.6 is 0 Å². The number of aliphatic carboxylic acids is 1. The monoisotopic (exact) mass is 245 g/mol. The van der Waals surface area contributed by atoms with Crippen molar-refractivity contribution in [1.29, 1.82) is 0 Å². The lowest BCUT2D eigenvalue weighted by atomic mass is 9.88. The van der Waals surface area contributed by atoms with Gasteiger partial charge in [-0.05, 0) is 35.6 Å². The third kappa shape index (κ3) is 2.92. The van der Waals surface area contributed by atoms with E-state index < -0.39 is 5.97 Å². The second-order valence-electron chi connectivity index (χ2n) is 5.17. The van der Waals surface area contributed by atoms with E-state index in [2.05, 4.69) is 30.9 Å². The number of hydrogen-bond donors (Lipinski definition) is 1. The van der Waals surface area contributed by atoms with E-state index in [-0.39, 0.29) is 0 Å². The molecule has 0 aromatic heterocycles. The fraction of sp³-hybridized carbons (Fsp3) is 0.400. The van der Waals surface area contributed by atoms with Crippen molar-refractivity contribution in [2.45, 2.75) is 13.8 Å². The lowest BCUT2D eigenvalue weighted by Gasteiger charge is -2.43. The van der Waals surface area contributed by atoms with Gasteiger partial charge in [0.05, 0.1) is 0 Å². The summed E-state index contributed by atoms with van der Waals surface area (Å²) in [5, 5.41) is 8.55. The van der Waals surface area contributed by atoms with Crippen molar-refractivity contribution in [3.63, 3.8) is 0 Å². The minimum Gasteiger partial charge on any atom is -0.478 e. The van der Waals surface area contributed by atoms with E-state index in [1.165, 1.54) is 5.69 Å². The number of carbonyl (C=O) groups is 1. The lowest BCUT2D eigenvalue weighted by Crippen LogP contribution is -2.49. The van der Waals surface area contributed by atoms with Crippen LogP contribution in [-0.2, 0) is 4.79 Å². The number of carboxylic acid groups (broad SMARTS) is 1. The molecule has 1 fully saturated rings. The second-order valence-corrected chi connectivity index (χ2v) is 5.17. The van der Waals surface area contributed by atoms with Crippen molar-refractivity contribution in [2.24, 2.45) is 11.8 Å². The smallest absolute Gasteiger partial charge is 0.328 e. The number of nitrogens with zero attached hydrogens (tertiary/aromatic N) is 1. The Kier molecular flexibility index (Phi) is 3.70. The summed E-state index contributed by atoms with van der Waals surface area (Å²) in [4.78, 5) is 12.8. The Morgan fingerprint density at radius 3 is 2.44 bits per heavy atom. The maximum Gasteiger partial charge on any atom is 0.328 e. The Morgan fingerprint density at radius 1 is 1.33 bits per heavy atom. The van der Waals surface area contributed by atoms with E-state index in [4.69, 9.17) is 5.11 Å². The molecule has 1 aliphatic heterocycles. The highest BCUT2D eigenvalue weighted by atomic mass is 16.4. The second kappa shape index (κ2) is 5.25. The molecule has 96 valence electrons. The molecule has 0 unspecified atom stereocenters. The zero-order valence-electron chi connectivity index (χ0n) is 10.8. The van der Waals surface area contributed by atoms with Gasteiger partial charge in [0.25, 0.3) is 0 Å². The largest absolute Gasteiger partial charge is 0.478 e. The van der Waals surface area contributed by atoms with Crippen LogP contribution in [0.15, 0.2) is 30.3 Å². The van der Waals surface area contributed by atoms with E-state index in [0.29, 0.717) is 0 Å². The van der Waals surface area contributed by atoms with Crippen LogP contribution in [0.25, 0.3) is 6.08 Å². The van der Waals surface area contributed by atoms with Gasteiger partial charge in [0.2, 0.25) is 0 Å². The fourth-order valence-corrected chi connectivity index (χ4v) is 2.11. The number of hydrogen-bond acceptors (Lipinski definition) is 2. The molecule has 1 aromatic rings. The van der Waals surface area contributed by atoms with E-state index in [9.17, 15) is 4.79 Å². The summed E-state index contributed by atoms with van der Waals surface area (Å²) in [6.45, 7) is 6.79. The van der Waals surface area contributed by atoms with Gasteiger partial charge in [0.15, 0.2) is 0 Å². The standard InChI is InChI=1S/C15H19NO2/c1-11(2)13-9-16(10-13)14-6-3-12(4-7-14)5-8-15(17)18/h3-8,11,13H,9-10H2,1-2H3,(H,17,18)/b8-5+. The van der Waals surface area contributed by atoms with Crippen LogP contribution in [0.2, 0.25) is 0 Å². The molecule has 0 aliphatic carbocycles. The predicted octanol–water partition coefficient (Wildman–Crippen LogP) is 2.88. The quantitative estimate of drug-likeness (QED) is 0.829. The molecule has 1 aliphatic rings. The molecule has 1 N–H and O–H groups in total. The molecular weight excluding hydrogens is 226 g/mol. The summed E-state index contributed by atoms with van der Waals surface area (Å²) in [6.07, 6.45) is 2.77. The molecule has 2 rings (SSSR count). The van der Waals surface area contributed by atoms with Crippen LogP contribution in [0.5, 0.6) is 0 Å². The minimum absolute atomic E-state index is 0.749. The molecular formula is C15H19NO2. The first-order valence-corrected chi connectivity index (χ1v) is 6.32. The minimum atomic E-state index is -0.915. The number of benzene rings is 1. The Hall–Kier alpha value is -1.77. The molecule has 3 nitrogen and oxygen atoms in total. The number of anilines is 1. The van der Waals surface area contributed by atoms with E-state index >= 15 is 0 Å². The van der Waals surface area contributed by atoms with E-state index in [1.807, 2.05) is 12.1 Å². The normalized spacial score (nSPS) is 16.3. The van der Waals surface area contributed by atoms with Crippen LogP contribution in [-0.4, -0.2) is 24.2 Å². The first-order chi connectivity index (χ1) is 8.56. The summed E-state index contributed by atoms with van der Waals surface area (Å²) < 4.78 is 0. The highest BCUT2D eigenvalue weighted by Gasteiger charge is 2.28. The van der Waals surface area contributed by atoms with Gasteiger partial charge in [-0.3, -0.25) is 0 Å². The number of rotatable bonds is 4. The Labute approximate surface area is 108 Å². The summed E-state index contributed by atoms with van der Waals surface area (Å²) in [7, 11) is 0. The van der Waals surface area contributed by atoms with Crippen molar-refractivity contribution in [3.05, 3.63) is 35.9 Å². The molecule has 1 heterocycles. The summed E-state index contributed by atoms with van der Waals surface area (Å²) in [6, 6.07) is 8.02. The fourth-order valence-electron chi connectivity index (χ4n) is 2.11. The molecule has 0 amide bonds. The SMILES string of the molecule is CC(C)C1CN(c2ccc(/C=C/C(=O)O)cc2)C1. The highest BCUT2D eigenvalue weighted by molar-refractivity contribution is 5.85. The molecule has 0 radical (unpaired) electrons. The first-order valence-electron chi connectivity index (χ1n) is 6.32. The van der Waals surface area contributed by atoms with Gasteiger partial charge in [-0.15, -0.1) is 0 Å². The Balaban J connectivity index is 1.95. The lowest BCUT2D eigenvalue weighted by molar-refractivity contribution is -0.131. The van der Waals surface area contributed by atoms with Gasteiger partial charge in [-0.25, -0.2) is 4.79 Å². The van der Waals surface area contributed by atoms with Crippen molar-refractivity contribution < 1.29 is 9.90 Å².